The molecule has 0 unspecified atom stereocenters. The number of ether oxygens (including phenoxy) is 1. The van der Waals surface area contributed by atoms with Crippen LogP contribution < -0.4 is 20.3 Å². The van der Waals surface area contributed by atoms with Crippen molar-refractivity contribution < 1.29 is 31.1 Å². The fraction of sp³-hybridized carbons (Fsp3) is 0.231. The molecule has 10 nitrogen and oxygen atoms in total. The minimum Gasteiger partial charge on any atom is -0.480 e. The first-order valence-corrected chi connectivity index (χ1v) is 13.3. The summed E-state index contributed by atoms with van der Waals surface area (Å²) in [4.78, 5) is 33.1. The molecule has 2 heterocycles. The van der Waals surface area contributed by atoms with Gasteiger partial charge in [-0.25, -0.2) is 18.4 Å². The van der Waals surface area contributed by atoms with Crippen LogP contribution in [0.5, 0.6) is 5.88 Å². The van der Waals surface area contributed by atoms with E-state index < -0.39 is 32.6 Å². The molecule has 40 heavy (non-hydrogen) atoms. The number of nitrogens with zero attached hydrogens (tertiary/aromatic N) is 3. The highest BCUT2D eigenvalue weighted by molar-refractivity contribution is 7.92. The number of methoxy groups -OCH3 is 1. The number of carbonyl (C=O) groups excluding carboxylic acids is 1. The molecule has 0 bridgehead atoms. The second kappa shape index (κ2) is 11.0. The molecule has 210 valence electrons. The van der Waals surface area contributed by atoms with E-state index in [1.807, 2.05) is 0 Å². The normalized spacial score (nSPS) is 12.7. The molecule has 0 saturated heterocycles. The van der Waals surface area contributed by atoms with Crippen LogP contribution in [0.25, 0.3) is 22.0 Å². The molecule has 0 saturated carbocycles. The van der Waals surface area contributed by atoms with Gasteiger partial charge in [-0.1, -0.05) is 13.0 Å². The Morgan fingerprint density at radius 1 is 1.07 bits per heavy atom. The summed E-state index contributed by atoms with van der Waals surface area (Å²) in [5, 5.41) is 2.81. The maximum Gasteiger partial charge on any atom is 0.416 e. The Kier molecular flexibility index (Phi) is 7.82. The smallest absolute Gasteiger partial charge is 0.416 e. The summed E-state index contributed by atoms with van der Waals surface area (Å²) in [7, 11) is -1.52. The Bertz CT molecular complexity index is 1740. The van der Waals surface area contributed by atoms with Gasteiger partial charge in [-0.2, -0.15) is 13.2 Å². The quantitative estimate of drug-likeness (QED) is 0.328. The van der Waals surface area contributed by atoms with Gasteiger partial charge in [-0.3, -0.25) is 18.9 Å². The third-order valence-electron chi connectivity index (χ3n) is 6.10. The number of anilines is 1. The predicted octanol–water partition coefficient (Wildman–Crippen LogP) is 3.67. The number of rotatable bonds is 8. The number of nitrogens with one attached hydrogen (secondary N) is 2. The first kappa shape index (κ1) is 28.5. The van der Waals surface area contributed by atoms with Gasteiger partial charge >= 0.3 is 6.18 Å². The van der Waals surface area contributed by atoms with E-state index in [0.717, 1.165) is 12.1 Å². The minimum atomic E-state index is -4.61. The third kappa shape index (κ3) is 5.91. The lowest BCUT2D eigenvalue weighted by Gasteiger charge is -2.14. The highest BCUT2D eigenvalue weighted by atomic mass is 32.2. The molecular formula is C26H24F3N5O5S. The van der Waals surface area contributed by atoms with Crippen LogP contribution in [0.4, 0.5) is 18.9 Å². The molecule has 4 aromatic rings. The number of sulfonamides is 1. The van der Waals surface area contributed by atoms with Crippen LogP contribution in [0.15, 0.2) is 70.7 Å². The maximum atomic E-state index is 13.1. The average molecular weight is 576 g/mol. The molecular weight excluding hydrogens is 551 g/mol. The van der Waals surface area contributed by atoms with Crippen molar-refractivity contribution in [1.82, 2.24) is 19.9 Å². The number of hydrogen-bond donors (Lipinski definition) is 2. The van der Waals surface area contributed by atoms with Crippen molar-refractivity contribution in [3.8, 4) is 17.0 Å². The van der Waals surface area contributed by atoms with E-state index in [4.69, 9.17) is 4.74 Å². The second-order valence-electron chi connectivity index (χ2n) is 8.86. The molecule has 0 aliphatic rings. The monoisotopic (exact) mass is 575 g/mol. The number of hydrogen-bond acceptors (Lipinski definition) is 7. The average Bonchev–Trinajstić information content (AvgIpc) is 2.93. The van der Waals surface area contributed by atoms with Crippen molar-refractivity contribution >= 4 is 32.5 Å². The topological polar surface area (TPSA) is 132 Å². The predicted molar refractivity (Wildman–Crippen MR) is 141 cm³/mol. The summed E-state index contributed by atoms with van der Waals surface area (Å²) in [5.41, 5.74) is -0.0757. The lowest BCUT2D eigenvalue weighted by molar-refractivity contribution is -0.137. The van der Waals surface area contributed by atoms with Crippen molar-refractivity contribution in [2.24, 2.45) is 5.92 Å². The van der Waals surface area contributed by atoms with Gasteiger partial charge < -0.3 is 10.1 Å². The van der Waals surface area contributed by atoms with Crippen LogP contribution in [-0.4, -0.2) is 43.0 Å². The Balaban J connectivity index is 1.69. The zero-order valence-electron chi connectivity index (χ0n) is 21.5. The largest absolute Gasteiger partial charge is 0.480 e. The van der Waals surface area contributed by atoms with E-state index in [0.29, 0.717) is 28.8 Å². The Morgan fingerprint density at radius 3 is 2.40 bits per heavy atom. The van der Waals surface area contributed by atoms with Gasteiger partial charge in [0, 0.05) is 25.4 Å². The number of benzene rings is 2. The third-order valence-corrected chi connectivity index (χ3v) is 7.48. The molecule has 14 heteroatoms. The van der Waals surface area contributed by atoms with Crippen molar-refractivity contribution in [3.63, 3.8) is 0 Å². The number of aromatic nitrogens is 3. The lowest BCUT2D eigenvalue weighted by atomic mass is 10.0. The minimum absolute atomic E-state index is 0.0667. The fourth-order valence-electron chi connectivity index (χ4n) is 3.97. The van der Waals surface area contributed by atoms with Gasteiger partial charge in [0.05, 0.1) is 40.7 Å². The molecule has 4 rings (SSSR count). The van der Waals surface area contributed by atoms with Crippen molar-refractivity contribution in [1.29, 1.82) is 0 Å². The number of amides is 1. The van der Waals surface area contributed by atoms with Gasteiger partial charge in [0.1, 0.15) is 5.69 Å². The molecule has 1 atom stereocenters. The number of fused-ring (bicyclic) bond motifs is 1. The van der Waals surface area contributed by atoms with Crippen molar-refractivity contribution in [3.05, 3.63) is 77.0 Å². The molecule has 0 aliphatic heterocycles. The second-order valence-corrected chi connectivity index (χ2v) is 10.5. The highest BCUT2D eigenvalue weighted by Gasteiger charge is 2.31. The van der Waals surface area contributed by atoms with Gasteiger partial charge in [-0.05, 0) is 48.0 Å². The molecule has 0 fully saturated rings. The van der Waals surface area contributed by atoms with Gasteiger partial charge in [0.2, 0.25) is 11.8 Å². The Morgan fingerprint density at radius 2 is 1.77 bits per heavy atom. The molecule has 0 radical (unpaired) electrons. The summed E-state index contributed by atoms with van der Waals surface area (Å²) in [6, 6.07) is 9.33. The van der Waals surface area contributed by atoms with Gasteiger partial charge in [0.25, 0.3) is 15.6 Å². The summed E-state index contributed by atoms with van der Waals surface area (Å²) in [6.07, 6.45) is -1.83. The van der Waals surface area contributed by atoms with Crippen molar-refractivity contribution in [2.75, 3.05) is 18.9 Å². The van der Waals surface area contributed by atoms with E-state index in [2.05, 4.69) is 20.0 Å². The summed E-state index contributed by atoms with van der Waals surface area (Å²) in [5.74, 6) is -0.778. The number of carbonyl (C=O) groups is 1. The lowest BCUT2D eigenvalue weighted by Crippen LogP contribution is -2.32. The number of halogens is 3. The number of pyridine rings is 1. The van der Waals surface area contributed by atoms with Crippen LogP contribution in [0.2, 0.25) is 0 Å². The Labute approximate surface area is 226 Å². The molecule has 2 aromatic carbocycles. The van der Waals surface area contributed by atoms with Gasteiger partial charge in [-0.15, -0.1) is 0 Å². The first-order chi connectivity index (χ1) is 18.8. The molecule has 2 N–H and O–H groups in total. The highest BCUT2D eigenvalue weighted by Crippen LogP contribution is 2.32. The fourth-order valence-corrected chi connectivity index (χ4v) is 5.01. The zero-order chi connectivity index (χ0) is 29.2. The van der Waals surface area contributed by atoms with E-state index in [1.54, 1.807) is 25.1 Å². The van der Waals surface area contributed by atoms with Crippen molar-refractivity contribution in [2.45, 2.75) is 24.5 Å². The first-order valence-electron chi connectivity index (χ1n) is 11.8. The van der Waals surface area contributed by atoms with Gasteiger partial charge in [0.15, 0.2) is 0 Å². The Hall–Kier alpha value is -4.46. The van der Waals surface area contributed by atoms with E-state index in [1.165, 1.54) is 37.3 Å². The number of alkyl halides is 3. The van der Waals surface area contributed by atoms with Crippen LogP contribution >= 0.6 is 0 Å². The molecule has 0 aliphatic carbocycles. The molecule has 2 aromatic heterocycles. The molecule has 0 spiro atoms. The van der Waals surface area contributed by atoms with E-state index in [9.17, 15) is 31.2 Å². The summed E-state index contributed by atoms with van der Waals surface area (Å²) >= 11 is 0. The van der Waals surface area contributed by atoms with E-state index in [-0.39, 0.29) is 35.0 Å². The van der Waals surface area contributed by atoms with Crippen LogP contribution in [0.1, 0.15) is 12.5 Å². The van der Waals surface area contributed by atoms with Crippen LogP contribution in [0.3, 0.4) is 0 Å². The maximum absolute atomic E-state index is 13.1. The van der Waals surface area contributed by atoms with E-state index >= 15 is 0 Å². The summed E-state index contributed by atoms with van der Waals surface area (Å²) < 4.78 is 73.3. The zero-order valence-corrected chi connectivity index (χ0v) is 22.3. The standard InChI is InChI=1S/C26H24F3N5O5S/c1-15(23(35)30-2)13-34-14-32-21-9-4-16(10-20(21)25(34)36)17-11-22(24(39-3)31-12-17)33-40(37,38)19-7-5-18(6-8-19)26(27,28)29/h4-12,14-15,33H,13H2,1-3H3,(H,30,35)/t15-/m0/s1. The van der Waals surface area contributed by atoms with Crippen LogP contribution in [0, 0.1) is 5.92 Å². The SMILES string of the molecule is CNC(=O)[C@@H](C)Cn1cnc2ccc(-c3cnc(OC)c(NS(=O)(=O)c4ccc(C(F)(F)F)cc4)c3)cc2c1=O. The van der Waals surface area contributed by atoms with Crippen LogP contribution in [-0.2, 0) is 27.5 Å². The molecule has 1 amide bonds. The summed E-state index contributed by atoms with van der Waals surface area (Å²) in [6.45, 7) is 1.80.